The molecular weight excluding hydrogens is 445 g/mol. The van der Waals surface area contributed by atoms with Gasteiger partial charge in [-0.25, -0.2) is 9.10 Å². The Balaban J connectivity index is 1.81. The lowest BCUT2D eigenvalue weighted by molar-refractivity contribution is 0.102. The van der Waals surface area contributed by atoms with E-state index in [1.165, 1.54) is 7.11 Å². The van der Waals surface area contributed by atoms with Crippen molar-refractivity contribution in [2.45, 2.75) is 0 Å². The Hall–Kier alpha value is -2.87. The predicted octanol–water partition coefficient (Wildman–Crippen LogP) is 6.14. The number of halogens is 2. The fourth-order valence-electron chi connectivity index (χ4n) is 2.64. The number of benzene rings is 3. The number of nitrogens with zero attached hydrogens (tertiary/aromatic N) is 1. The van der Waals surface area contributed by atoms with Crippen LogP contribution in [-0.2, 0) is 0 Å². The number of methoxy groups -OCH3 is 1. The van der Waals surface area contributed by atoms with Crippen molar-refractivity contribution in [2.24, 2.45) is 0 Å². The maximum Gasteiger partial charge on any atom is 0.336 e. The summed E-state index contributed by atoms with van der Waals surface area (Å²) in [6.07, 6.45) is 0. The van der Waals surface area contributed by atoms with Gasteiger partial charge >= 0.3 is 6.03 Å². The van der Waals surface area contributed by atoms with E-state index in [2.05, 4.69) is 23.4 Å². The SMILES string of the molecule is COc1ccc(NC(=O)c2ccccc2)cc1N(S)C(=O)Nc1cc(Cl)cc(Cl)c1. The summed E-state index contributed by atoms with van der Waals surface area (Å²) in [6, 6.07) is 17.8. The molecule has 0 heterocycles. The highest BCUT2D eigenvalue weighted by Gasteiger charge is 2.18. The molecule has 30 heavy (non-hydrogen) atoms. The Morgan fingerprint density at radius 1 is 0.900 bits per heavy atom. The Labute approximate surface area is 189 Å². The number of urea groups is 1. The Morgan fingerprint density at radius 3 is 2.20 bits per heavy atom. The minimum Gasteiger partial charge on any atom is -0.495 e. The van der Waals surface area contributed by atoms with Gasteiger partial charge in [0.2, 0.25) is 0 Å². The number of rotatable bonds is 5. The van der Waals surface area contributed by atoms with Gasteiger partial charge < -0.3 is 15.4 Å². The standard InChI is InChI=1S/C21H17Cl2N3O3S/c1-29-19-8-7-16(24-20(27)13-5-3-2-4-6-13)12-18(19)26(30)21(28)25-17-10-14(22)9-15(23)11-17/h2-12,30H,1H3,(H,24,27)(H,25,28). The van der Waals surface area contributed by atoms with Crippen LogP contribution in [0.3, 0.4) is 0 Å². The summed E-state index contributed by atoms with van der Waals surface area (Å²) in [5.74, 6) is 0.109. The van der Waals surface area contributed by atoms with Crippen molar-refractivity contribution in [3.8, 4) is 5.75 Å². The zero-order chi connectivity index (χ0) is 21.7. The first-order valence-electron chi connectivity index (χ1n) is 8.68. The first-order chi connectivity index (χ1) is 14.4. The van der Waals surface area contributed by atoms with Crippen LogP contribution < -0.4 is 19.7 Å². The fraction of sp³-hybridized carbons (Fsp3) is 0.0476. The van der Waals surface area contributed by atoms with E-state index in [0.717, 1.165) is 4.31 Å². The lowest BCUT2D eigenvalue weighted by Crippen LogP contribution is -2.27. The molecule has 0 spiro atoms. The number of nitrogens with one attached hydrogen (secondary N) is 2. The second-order valence-corrected chi connectivity index (χ2v) is 7.38. The molecule has 0 aliphatic rings. The summed E-state index contributed by atoms with van der Waals surface area (Å²) < 4.78 is 6.39. The van der Waals surface area contributed by atoms with Crippen LogP contribution in [0.15, 0.2) is 66.7 Å². The molecule has 3 aromatic rings. The second kappa shape index (κ2) is 9.75. The molecule has 9 heteroatoms. The summed E-state index contributed by atoms with van der Waals surface area (Å²) in [7, 11) is 1.47. The van der Waals surface area contributed by atoms with E-state index in [-0.39, 0.29) is 5.91 Å². The van der Waals surface area contributed by atoms with Gasteiger partial charge in [-0.3, -0.25) is 4.79 Å². The summed E-state index contributed by atoms with van der Waals surface area (Å²) in [6.45, 7) is 0. The third-order valence-corrected chi connectivity index (χ3v) is 4.84. The lowest BCUT2D eigenvalue weighted by atomic mass is 10.2. The molecule has 0 bridgehead atoms. The van der Waals surface area contributed by atoms with E-state index in [9.17, 15) is 9.59 Å². The number of carbonyl (C=O) groups excluding carboxylic acids is 2. The lowest BCUT2D eigenvalue weighted by Gasteiger charge is -2.20. The number of carbonyl (C=O) groups is 2. The van der Waals surface area contributed by atoms with Gasteiger partial charge in [0.05, 0.1) is 7.11 Å². The molecule has 0 atom stereocenters. The van der Waals surface area contributed by atoms with Crippen LogP contribution in [-0.4, -0.2) is 19.0 Å². The molecule has 0 aliphatic heterocycles. The van der Waals surface area contributed by atoms with Gasteiger partial charge in [0.15, 0.2) is 0 Å². The Kier molecular flexibility index (Phi) is 7.10. The van der Waals surface area contributed by atoms with Gasteiger partial charge in [-0.2, -0.15) is 0 Å². The number of anilines is 3. The van der Waals surface area contributed by atoms with Crippen molar-refractivity contribution in [1.82, 2.24) is 0 Å². The van der Waals surface area contributed by atoms with Crippen LogP contribution in [0.4, 0.5) is 21.9 Å². The molecule has 0 radical (unpaired) electrons. The highest BCUT2D eigenvalue weighted by molar-refractivity contribution is 7.82. The van der Waals surface area contributed by atoms with E-state index in [0.29, 0.717) is 38.4 Å². The number of ether oxygens (including phenoxy) is 1. The van der Waals surface area contributed by atoms with E-state index < -0.39 is 6.03 Å². The highest BCUT2D eigenvalue weighted by atomic mass is 35.5. The maximum absolute atomic E-state index is 12.7. The van der Waals surface area contributed by atoms with Crippen LogP contribution in [0, 0.1) is 0 Å². The first kappa shape index (κ1) is 21.8. The zero-order valence-electron chi connectivity index (χ0n) is 15.7. The quantitative estimate of drug-likeness (QED) is 0.399. The molecule has 6 nitrogen and oxygen atoms in total. The molecule has 3 aromatic carbocycles. The van der Waals surface area contributed by atoms with Crippen molar-refractivity contribution in [2.75, 3.05) is 22.0 Å². The Bertz CT molecular complexity index is 1060. The number of thiol groups is 1. The topological polar surface area (TPSA) is 70.7 Å². The third-order valence-electron chi connectivity index (χ3n) is 4.01. The molecule has 2 N–H and O–H groups in total. The van der Waals surface area contributed by atoms with Crippen LogP contribution in [0.25, 0.3) is 0 Å². The Morgan fingerprint density at radius 2 is 1.57 bits per heavy atom. The average Bonchev–Trinajstić information content (AvgIpc) is 2.73. The van der Waals surface area contributed by atoms with Gasteiger partial charge in [-0.1, -0.05) is 54.2 Å². The monoisotopic (exact) mass is 461 g/mol. The second-order valence-electron chi connectivity index (χ2n) is 6.11. The molecule has 0 fully saturated rings. The van der Waals surface area contributed by atoms with E-state index in [1.54, 1.807) is 60.7 Å². The van der Waals surface area contributed by atoms with Crippen LogP contribution in [0.1, 0.15) is 10.4 Å². The molecule has 3 amide bonds. The normalized spacial score (nSPS) is 10.3. The average molecular weight is 462 g/mol. The summed E-state index contributed by atoms with van der Waals surface area (Å²) in [5, 5.41) is 6.21. The minimum absolute atomic E-state index is 0.282. The molecule has 154 valence electrons. The maximum atomic E-state index is 12.7. The largest absolute Gasteiger partial charge is 0.495 e. The van der Waals surface area contributed by atoms with E-state index in [4.69, 9.17) is 27.9 Å². The first-order valence-corrected chi connectivity index (χ1v) is 9.83. The van der Waals surface area contributed by atoms with E-state index >= 15 is 0 Å². The third kappa shape index (κ3) is 5.38. The van der Waals surface area contributed by atoms with Gasteiger partial charge in [0.25, 0.3) is 5.91 Å². The van der Waals surface area contributed by atoms with E-state index in [1.807, 2.05) is 6.07 Å². The summed E-state index contributed by atoms with van der Waals surface area (Å²) in [4.78, 5) is 25.1. The van der Waals surface area contributed by atoms with Crippen LogP contribution >= 0.6 is 36.0 Å². The van der Waals surface area contributed by atoms with Gasteiger partial charge in [-0.15, -0.1) is 0 Å². The number of hydrogen-bond donors (Lipinski definition) is 3. The van der Waals surface area contributed by atoms with Crippen molar-refractivity contribution >= 4 is 65.0 Å². The molecule has 0 saturated carbocycles. The zero-order valence-corrected chi connectivity index (χ0v) is 18.1. The van der Waals surface area contributed by atoms with Gasteiger partial charge in [0, 0.05) is 27.0 Å². The fourth-order valence-corrected chi connectivity index (χ4v) is 3.37. The predicted molar refractivity (Wildman–Crippen MR) is 124 cm³/mol. The minimum atomic E-state index is -0.568. The number of amides is 3. The van der Waals surface area contributed by atoms with Crippen LogP contribution in [0.5, 0.6) is 5.75 Å². The van der Waals surface area contributed by atoms with Gasteiger partial charge in [-0.05, 0) is 48.5 Å². The number of hydrogen-bond acceptors (Lipinski definition) is 4. The molecule has 0 unspecified atom stereocenters. The summed E-state index contributed by atoms with van der Waals surface area (Å²) >= 11 is 16.2. The van der Waals surface area contributed by atoms with Crippen molar-refractivity contribution < 1.29 is 14.3 Å². The molecule has 0 aromatic heterocycles. The highest BCUT2D eigenvalue weighted by Crippen LogP contribution is 2.33. The van der Waals surface area contributed by atoms with Gasteiger partial charge in [0.1, 0.15) is 11.4 Å². The molecule has 3 rings (SSSR count). The molecule has 0 aliphatic carbocycles. The summed E-state index contributed by atoms with van der Waals surface area (Å²) in [5.41, 5.74) is 1.71. The van der Waals surface area contributed by atoms with Crippen LogP contribution in [0.2, 0.25) is 10.0 Å². The van der Waals surface area contributed by atoms with Crippen molar-refractivity contribution in [3.63, 3.8) is 0 Å². The van der Waals surface area contributed by atoms with Crippen molar-refractivity contribution in [1.29, 1.82) is 0 Å². The molecule has 0 saturated heterocycles. The molecular formula is C21H17Cl2N3O3S. The van der Waals surface area contributed by atoms with Crippen molar-refractivity contribution in [3.05, 3.63) is 82.3 Å². The smallest absolute Gasteiger partial charge is 0.336 e.